The number of rotatable bonds is 7. The number of aliphatic carboxylic acids is 1. The molecule has 1 fully saturated rings. The van der Waals surface area contributed by atoms with E-state index in [2.05, 4.69) is 0 Å². The molecule has 1 aliphatic rings. The first-order valence-corrected chi connectivity index (χ1v) is 7.28. The Labute approximate surface area is 115 Å². The lowest BCUT2D eigenvalue weighted by atomic mass is 10.3. The van der Waals surface area contributed by atoms with Gasteiger partial charge in [-0.15, -0.1) is 11.8 Å². The third kappa shape index (κ3) is 4.42. The summed E-state index contributed by atoms with van der Waals surface area (Å²) in [6.45, 7) is 0.725. The maximum absolute atomic E-state index is 10.4. The summed E-state index contributed by atoms with van der Waals surface area (Å²) in [6.07, 6.45) is 2.64. The van der Waals surface area contributed by atoms with Gasteiger partial charge >= 0.3 is 5.97 Å². The fourth-order valence-corrected chi connectivity index (χ4v) is 2.47. The van der Waals surface area contributed by atoms with Gasteiger partial charge in [0.1, 0.15) is 5.75 Å². The lowest BCUT2D eigenvalue weighted by Crippen LogP contribution is -1.99. The van der Waals surface area contributed by atoms with Gasteiger partial charge in [-0.25, -0.2) is 0 Å². The molecule has 1 saturated carbocycles. The van der Waals surface area contributed by atoms with Crippen LogP contribution in [0.25, 0.3) is 0 Å². The summed E-state index contributed by atoms with van der Waals surface area (Å²) in [4.78, 5) is 11.4. The van der Waals surface area contributed by atoms with Crippen molar-refractivity contribution in [1.82, 2.24) is 0 Å². The fourth-order valence-electron chi connectivity index (χ4n) is 1.43. The lowest BCUT2D eigenvalue weighted by Gasteiger charge is -2.09. The number of carboxylic acids is 1. The Morgan fingerprint density at radius 1 is 1.50 bits per heavy atom. The molecule has 0 spiro atoms. The van der Waals surface area contributed by atoms with E-state index in [-0.39, 0.29) is 6.42 Å². The van der Waals surface area contributed by atoms with Crippen LogP contribution in [0, 0.1) is 5.92 Å². The number of ether oxygens (including phenoxy) is 1. The summed E-state index contributed by atoms with van der Waals surface area (Å²) in [5, 5.41) is 9.19. The van der Waals surface area contributed by atoms with E-state index >= 15 is 0 Å². The SMILES string of the molecule is O=C(O)CCSc1ccc(Cl)c(OCC2CC2)c1. The maximum Gasteiger partial charge on any atom is 0.304 e. The van der Waals surface area contributed by atoms with Crippen LogP contribution in [0.4, 0.5) is 0 Å². The van der Waals surface area contributed by atoms with Crippen molar-refractivity contribution in [1.29, 1.82) is 0 Å². The van der Waals surface area contributed by atoms with Gasteiger partial charge in [-0.3, -0.25) is 4.79 Å². The second-order valence-electron chi connectivity index (χ2n) is 4.34. The molecule has 1 aliphatic carbocycles. The summed E-state index contributed by atoms with van der Waals surface area (Å²) in [5.41, 5.74) is 0. The van der Waals surface area contributed by atoms with Crippen LogP contribution in [-0.2, 0) is 4.79 Å². The van der Waals surface area contributed by atoms with Crippen LogP contribution in [0.5, 0.6) is 5.75 Å². The summed E-state index contributed by atoms with van der Waals surface area (Å²) in [7, 11) is 0. The predicted molar refractivity (Wildman–Crippen MR) is 72.6 cm³/mol. The van der Waals surface area contributed by atoms with Gasteiger partial charge in [-0.1, -0.05) is 11.6 Å². The summed E-state index contributed by atoms with van der Waals surface area (Å²) in [6, 6.07) is 5.57. The molecule has 1 aromatic carbocycles. The van der Waals surface area contributed by atoms with Gasteiger partial charge in [0.05, 0.1) is 18.1 Å². The maximum atomic E-state index is 10.4. The normalized spacial score (nSPS) is 14.5. The highest BCUT2D eigenvalue weighted by Gasteiger charge is 2.22. The van der Waals surface area contributed by atoms with Crippen LogP contribution in [0.2, 0.25) is 5.02 Å². The van der Waals surface area contributed by atoms with Crippen LogP contribution in [0.15, 0.2) is 23.1 Å². The van der Waals surface area contributed by atoms with Crippen molar-refractivity contribution in [3.63, 3.8) is 0 Å². The molecule has 0 amide bonds. The molecule has 0 radical (unpaired) electrons. The molecule has 5 heteroatoms. The third-order valence-corrected chi connectivity index (χ3v) is 3.97. The highest BCUT2D eigenvalue weighted by Crippen LogP contribution is 2.34. The largest absolute Gasteiger partial charge is 0.492 e. The summed E-state index contributed by atoms with van der Waals surface area (Å²) < 4.78 is 5.67. The highest BCUT2D eigenvalue weighted by molar-refractivity contribution is 7.99. The van der Waals surface area contributed by atoms with Crippen LogP contribution >= 0.6 is 23.4 Å². The smallest absolute Gasteiger partial charge is 0.304 e. The zero-order chi connectivity index (χ0) is 13.0. The first-order valence-electron chi connectivity index (χ1n) is 5.92. The predicted octanol–water partition coefficient (Wildman–Crippen LogP) is 3.70. The number of hydrogen-bond acceptors (Lipinski definition) is 3. The quantitative estimate of drug-likeness (QED) is 0.777. The molecule has 0 atom stereocenters. The third-order valence-electron chi connectivity index (χ3n) is 2.66. The van der Waals surface area contributed by atoms with Gasteiger partial charge in [0.25, 0.3) is 0 Å². The van der Waals surface area contributed by atoms with Crippen LogP contribution in [0.3, 0.4) is 0 Å². The molecule has 0 bridgehead atoms. The molecular formula is C13H15ClO3S. The molecule has 3 nitrogen and oxygen atoms in total. The van der Waals surface area contributed by atoms with Crippen molar-refractivity contribution in [2.24, 2.45) is 5.92 Å². The van der Waals surface area contributed by atoms with E-state index in [0.29, 0.717) is 22.4 Å². The van der Waals surface area contributed by atoms with E-state index < -0.39 is 5.97 Å². The van der Waals surface area contributed by atoms with Gasteiger partial charge in [0.15, 0.2) is 0 Å². The molecule has 0 aliphatic heterocycles. The molecule has 2 rings (SSSR count). The fraction of sp³-hybridized carbons (Fsp3) is 0.462. The number of carbonyl (C=O) groups is 1. The van der Waals surface area contributed by atoms with Crippen molar-refractivity contribution in [2.75, 3.05) is 12.4 Å². The van der Waals surface area contributed by atoms with E-state index in [1.165, 1.54) is 24.6 Å². The second kappa shape index (κ2) is 6.34. The van der Waals surface area contributed by atoms with Crippen molar-refractivity contribution in [3.8, 4) is 5.75 Å². The Morgan fingerprint density at radius 2 is 2.28 bits per heavy atom. The molecular weight excluding hydrogens is 272 g/mol. The Balaban J connectivity index is 1.89. The zero-order valence-corrected chi connectivity index (χ0v) is 11.5. The van der Waals surface area contributed by atoms with Crippen molar-refractivity contribution in [3.05, 3.63) is 23.2 Å². The molecule has 0 aromatic heterocycles. The second-order valence-corrected chi connectivity index (χ2v) is 5.91. The topological polar surface area (TPSA) is 46.5 Å². The standard InChI is InChI=1S/C13H15ClO3S/c14-11-4-3-10(18-6-5-13(15)16)7-12(11)17-8-9-1-2-9/h3-4,7,9H,1-2,5-6,8H2,(H,15,16). The first-order chi connectivity index (χ1) is 8.65. The number of carboxylic acid groups (broad SMARTS) is 1. The molecule has 98 valence electrons. The minimum absolute atomic E-state index is 0.158. The number of hydrogen-bond donors (Lipinski definition) is 1. The first kappa shape index (κ1) is 13.6. The molecule has 0 heterocycles. The molecule has 1 N–H and O–H groups in total. The number of thioether (sulfide) groups is 1. The van der Waals surface area contributed by atoms with Gasteiger partial charge in [0, 0.05) is 10.6 Å². The van der Waals surface area contributed by atoms with E-state index in [1.54, 1.807) is 6.07 Å². The lowest BCUT2D eigenvalue weighted by molar-refractivity contribution is -0.136. The monoisotopic (exact) mass is 286 g/mol. The Hall–Kier alpha value is -0.870. The number of halogens is 1. The van der Waals surface area contributed by atoms with E-state index in [0.717, 1.165) is 11.5 Å². The minimum atomic E-state index is -0.776. The summed E-state index contributed by atoms with van der Waals surface area (Å²) >= 11 is 7.56. The van der Waals surface area contributed by atoms with Gasteiger partial charge in [-0.05, 0) is 37.0 Å². The Bertz CT molecular complexity index is 432. The van der Waals surface area contributed by atoms with Crippen molar-refractivity contribution in [2.45, 2.75) is 24.2 Å². The van der Waals surface area contributed by atoms with Gasteiger partial charge in [0.2, 0.25) is 0 Å². The van der Waals surface area contributed by atoms with E-state index in [1.807, 2.05) is 12.1 Å². The van der Waals surface area contributed by atoms with E-state index in [9.17, 15) is 4.79 Å². The highest BCUT2D eigenvalue weighted by atomic mass is 35.5. The Morgan fingerprint density at radius 3 is 2.94 bits per heavy atom. The Kier molecular flexibility index (Phi) is 4.78. The average molecular weight is 287 g/mol. The van der Waals surface area contributed by atoms with E-state index in [4.69, 9.17) is 21.4 Å². The van der Waals surface area contributed by atoms with Gasteiger partial charge in [-0.2, -0.15) is 0 Å². The molecule has 0 saturated heterocycles. The van der Waals surface area contributed by atoms with Crippen LogP contribution < -0.4 is 4.74 Å². The molecule has 1 aromatic rings. The summed E-state index contributed by atoms with van der Waals surface area (Å²) in [5.74, 6) is 1.16. The van der Waals surface area contributed by atoms with Crippen molar-refractivity contribution < 1.29 is 14.6 Å². The van der Waals surface area contributed by atoms with Gasteiger partial charge < -0.3 is 9.84 Å². The average Bonchev–Trinajstić information content (AvgIpc) is 3.13. The molecule has 0 unspecified atom stereocenters. The van der Waals surface area contributed by atoms with Crippen molar-refractivity contribution >= 4 is 29.3 Å². The van der Waals surface area contributed by atoms with Crippen LogP contribution in [0.1, 0.15) is 19.3 Å². The zero-order valence-electron chi connectivity index (χ0n) is 9.89. The minimum Gasteiger partial charge on any atom is -0.492 e. The molecule has 18 heavy (non-hydrogen) atoms. The van der Waals surface area contributed by atoms with Crippen LogP contribution in [-0.4, -0.2) is 23.4 Å². The number of benzene rings is 1.